The predicted molar refractivity (Wildman–Crippen MR) is 159 cm³/mol. The maximum absolute atomic E-state index is 14.0. The van der Waals surface area contributed by atoms with Crippen LogP contribution in [0.4, 0.5) is 5.69 Å². The van der Waals surface area contributed by atoms with Crippen LogP contribution in [0.25, 0.3) is 0 Å². The van der Waals surface area contributed by atoms with Crippen molar-refractivity contribution in [1.29, 1.82) is 0 Å². The van der Waals surface area contributed by atoms with Crippen molar-refractivity contribution in [2.45, 2.75) is 30.8 Å². The topological polar surface area (TPSA) is 96.0 Å². The fraction of sp³-hybridized carbons (Fsp3) is 0.188. The van der Waals surface area contributed by atoms with Gasteiger partial charge in [0.2, 0.25) is 11.8 Å². The Labute approximate surface area is 241 Å². The average Bonchev–Trinajstić information content (AvgIpc) is 3.01. The number of carbonyl (C=O) groups excluding carboxylic acids is 2. The second kappa shape index (κ2) is 13.6. The molecule has 1 atom stereocenters. The molecule has 4 rings (SSSR count). The molecule has 8 nitrogen and oxygen atoms in total. The fourth-order valence-corrected chi connectivity index (χ4v) is 5.85. The van der Waals surface area contributed by atoms with Crippen molar-refractivity contribution >= 4 is 27.5 Å². The minimum Gasteiger partial charge on any atom is -0.457 e. The van der Waals surface area contributed by atoms with Gasteiger partial charge < -0.3 is 15.0 Å². The third-order valence-electron chi connectivity index (χ3n) is 6.54. The van der Waals surface area contributed by atoms with Gasteiger partial charge in [0.05, 0.1) is 10.6 Å². The van der Waals surface area contributed by atoms with Gasteiger partial charge in [0, 0.05) is 13.6 Å². The van der Waals surface area contributed by atoms with Gasteiger partial charge in [0.25, 0.3) is 10.0 Å². The van der Waals surface area contributed by atoms with Crippen molar-refractivity contribution in [1.82, 2.24) is 10.2 Å². The molecule has 1 unspecified atom stereocenters. The number of hydrogen-bond donors (Lipinski definition) is 1. The fourth-order valence-electron chi connectivity index (χ4n) is 4.42. The summed E-state index contributed by atoms with van der Waals surface area (Å²) >= 11 is 0. The molecule has 0 saturated carbocycles. The second-order valence-electron chi connectivity index (χ2n) is 9.28. The molecule has 0 heterocycles. The van der Waals surface area contributed by atoms with Crippen molar-refractivity contribution in [2.24, 2.45) is 0 Å². The van der Waals surface area contributed by atoms with Crippen molar-refractivity contribution in [2.75, 3.05) is 17.9 Å². The quantitative estimate of drug-likeness (QED) is 0.251. The monoisotopic (exact) mass is 571 g/mol. The number of sulfonamides is 1. The van der Waals surface area contributed by atoms with Crippen LogP contribution in [-0.2, 0) is 26.2 Å². The van der Waals surface area contributed by atoms with Gasteiger partial charge in [-0.25, -0.2) is 8.42 Å². The number of anilines is 1. The SMILES string of the molecule is CCC(C(=O)NC)N(Cc1ccccc1)C(=O)CN(c1ccc(Oc2ccccc2)cc1)S(=O)(=O)c1ccccc1. The Kier molecular flexibility index (Phi) is 9.76. The largest absolute Gasteiger partial charge is 0.457 e. The van der Waals surface area contributed by atoms with Crippen LogP contribution in [0.1, 0.15) is 18.9 Å². The Bertz CT molecular complexity index is 1530. The molecule has 0 fully saturated rings. The van der Waals surface area contributed by atoms with Crippen LogP contribution in [0, 0.1) is 0 Å². The van der Waals surface area contributed by atoms with Crippen molar-refractivity contribution < 1.29 is 22.7 Å². The molecule has 4 aromatic carbocycles. The van der Waals surface area contributed by atoms with Gasteiger partial charge in [-0.15, -0.1) is 0 Å². The minimum atomic E-state index is -4.14. The molecule has 1 N–H and O–H groups in total. The van der Waals surface area contributed by atoms with Gasteiger partial charge in [-0.2, -0.15) is 0 Å². The number of benzene rings is 4. The first kappa shape index (κ1) is 29.4. The van der Waals surface area contributed by atoms with Crippen LogP contribution in [-0.4, -0.2) is 44.8 Å². The number of rotatable bonds is 12. The lowest BCUT2D eigenvalue weighted by Crippen LogP contribution is -2.51. The molecule has 2 amide bonds. The van der Waals surface area contributed by atoms with Gasteiger partial charge in [0.1, 0.15) is 24.1 Å². The molecule has 41 heavy (non-hydrogen) atoms. The number of likely N-dealkylation sites (N-methyl/N-ethyl adjacent to an activating group) is 1. The lowest BCUT2D eigenvalue weighted by molar-refractivity contribution is -0.140. The van der Waals surface area contributed by atoms with E-state index in [9.17, 15) is 18.0 Å². The summed E-state index contributed by atoms with van der Waals surface area (Å²) in [5.41, 5.74) is 1.11. The van der Waals surface area contributed by atoms with Gasteiger partial charge in [-0.3, -0.25) is 13.9 Å². The number of nitrogens with one attached hydrogen (secondary N) is 1. The van der Waals surface area contributed by atoms with Crippen molar-refractivity contribution in [3.63, 3.8) is 0 Å². The number of amides is 2. The summed E-state index contributed by atoms with van der Waals surface area (Å²) in [5, 5.41) is 2.63. The van der Waals surface area contributed by atoms with Crippen molar-refractivity contribution in [3.05, 3.63) is 121 Å². The number of hydrogen-bond acceptors (Lipinski definition) is 5. The molecule has 4 aromatic rings. The molecule has 0 aliphatic heterocycles. The highest BCUT2D eigenvalue weighted by atomic mass is 32.2. The molecular formula is C32H33N3O5S. The maximum Gasteiger partial charge on any atom is 0.264 e. The Morgan fingerprint density at radius 2 is 1.32 bits per heavy atom. The first-order chi connectivity index (χ1) is 19.8. The predicted octanol–water partition coefficient (Wildman–Crippen LogP) is 5.23. The summed E-state index contributed by atoms with van der Waals surface area (Å²) in [4.78, 5) is 28.2. The van der Waals surface area contributed by atoms with Crippen LogP contribution < -0.4 is 14.4 Å². The number of carbonyl (C=O) groups is 2. The normalized spacial score (nSPS) is 11.8. The molecule has 0 aliphatic rings. The van der Waals surface area contributed by atoms with Gasteiger partial charge in [-0.05, 0) is 60.5 Å². The first-order valence-electron chi connectivity index (χ1n) is 13.3. The highest BCUT2D eigenvalue weighted by Crippen LogP contribution is 2.28. The van der Waals surface area contributed by atoms with Crippen LogP contribution in [0.3, 0.4) is 0 Å². The van der Waals surface area contributed by atoms with Crippen LogP contribution >= 0.6 is 0 Å². The minimum absolute atomic E-state index is 0.0466. The molecule has 0 saturated heterocycles. The second-order valence-corrected chi connectivity index (χ2v) is 11.1. The summed E-state index contributed by atoms with van der Waals surface area (Å²) in [6.07, 6.45) is 0.356. The molecule has 0 bridgehead atoms. The zero-order valence-electron chi connectivity index (χ0n) is 23.0. The van der Waals surface area contributed by atoms with E-state index in [0.717, 1.165) is 9.87 Å². The number of para-hydroxylation sites is 1. The molecule has 212 valence electrons. The highest BCUT2D eigenvalue weighted by molar-refractivity contribution is 7.92. The average molecular weight is 572 g/mol. The first-order valence-corrected chi connectivity index (χ1v) is 14.7. The molecular weight excluding hydrogens is 538 g/mol. The Hall–Kier alpha value is -4.63. The third kappa shape index (κ3) is 7.32. The molecule has 0 radical (unpaired) electrons. The molecule has 0 aromatic heterocycles. The Morgan fingerprint density at radius 1 is 0.780 bits per heavy atom. The summed E-state index contributed by atoms with van der Waals surface area (Å²) < 4.78 is 34.7. The van der Waals surface area contributed by atoms with E-state index in [1.54, 1.807) is 42.5 Å². The summed E-state index contributed by atoms with van der Waals surface area (Å²) in [6, 6.07) is 32.2. The molecule has 0 spiro atoms. The third-order valence-corrected chi connectivity index (χ3v) is 8.33. The standard InChI is InChI=1S/C32H33N3O5S/c1-3-30(32(37)33-2)34(23-25-13-7-4-8-14-25)31(36)24-35(41(38,39)29-17-11-6-12-18-29)26-19-21-28(22-20-26)40-27-15-9-5-10-16-27/h4-22,30H,3,23-24H2,1-2H3,(H,33,37). The van der Waals surface area contributed by atoms with Crippen LogP contribution in [0.2, 0.25) is 0 Å². The van der Waals surface area contributed by atoms with E-state index in [1.807, 2.05) is 67.6 Å². The number of nitrogens with zero attached hydrogens (tertiary/aromatic N) is 2. The Balaban J connectivity index is 1.70. The van der Waals surface area contributed by atoms with E-state index in [1.165, 1.54) is 24.1 Å². The lowest BCUT2D eigenvalue weighted by Gasteiger charge is -2.33. The lowest BCUT2D eigenvalue weighted by atomic mass is 10.1. The summed E-state index contributed by atoms with van der Waals surface area (Å²) in [5.74, 6) is 0.324. The van der Waals surface area contributed by atoms with E-state index < -0.39 is 28.5 Å². The van der Waals surface area contributed by atoms with E-state index in [-0.39, 0.29) is 23.0 Å². The van der Waals surface area contributed by atoms with Gasteiger partial charge in [-0.1, -0.05) is 73.7 Å². The van der Waals surface area contributed by atoms with E-state index in [0.29, 0.717) is 17.9 Å². The van der Waals surface area contributed by atoms with Gasteiger partial charge in [0.15, 0.2) is 0 Å². The molecule has 9 heteroatoms. The van der Waals surface area contributed by atoms with Crippen molar-refractivity contribution in [3.8, 4) is 11.5 Å². The van der Waals surface area contributed by atoms with Gasteiger partial charge >= 0.3 is 0 Å². The smallest absolute Gasteiger partial charge is 0.264 e. The molecule has 0 aliphatic carbocycles. The van der Waals surface area contributed by atoms with E-state index in [4.69, 9.17) is 4.74 Å². The van der Waals surface area contributed by atoms with E-state index in [2.05, 4.69) is 5.32 Å². The summed E-state index contributed by atoms with van der Waals surface area (Å²) in [7, 11) is -2.63. The zero-order valence-corrected chi connectivity index (χ0v) is 23.8. The van der Waals surface area contributed by atoms with Crippen LogP contribution in [0.5, 0.6) is 11.5 Å². The zero-order chi connectivity index (χ0) is 29.2. The maximum atomic E-state index is 14.0. The van der Waals surface area contributed by atoms with Crippen LogP contribution in [0.15, 0.2) is 120 Å². The number of ether oxygens (including phenoxy) is 1. The summed E-state index contributed by atoms with van der Waals surface area (Å²) in [6.45, 7) is 1.46. The van der Waals surface area contributed by atoms with E-state index >= 15 is 0 Å². The Morgan fingerprint density at radius 3 is 1.88 bits per heavy atom. The highest BCUT2D eigenvalue weighted by Gasteiger charge is 2.33.